The minimum Gasteiger partial charge on any atom is -0.358 e. The highest BCUT2D eigenvalue weighted by Crippen LogP contribution is 2.37. The molecule has 1 aromatic heterocycles. The Morgan fingerprint density at radius 2 is 2.00 bits per heavy atom. The van der Waals surface area contributed by atoms with E-state index in [1.165, 1.54) is 24.8 Å². The third-order valence-electron chi connectivity index (χ3n) is 4.99. The molecule has 2 N–H and O–H groups in total. The van der Waals surface area contributed by atoms with Gasteiger partial charge in [-0.25, -0.2) is 4.98 Å². The lowest BCUT2D eigenvalue weighted by molar-refractivity contribution is 0.0682. The third-order valence-corrected chi connectivity index (χ3v) is 4.99. The molecule has 1 aliphatic carbocycles. The molecule has 1 aromatic rings. The van der Waals surface area contributed by atoms with Gasteiger partial charge in [-0.3, -0.25) is 0 Å². The molecule has 1 heterocycles. The van der Waals surface area contributed by atoms with E-state index in [0.717, 1.165) is 25.2 Å². The normalized spacial score (nSPS) is 18.4. The SMILES string of the molecule is CCC(N)Cc1ccc(N(C)CC2(N(C)C)CCC2)nc1. The van der Waals surface area contributed by atoms with Crippen LogP contribution in [-0.4, -0.2) is 49.2 Å². The number of nitrogens with zero attached hydrogens (tertiary/aromatic N) is 3. The van der Waals surface area contributed by atoms with Crippen molar-refractivity contribution in [2.24, 2.45) is 5.73 Å². The lowest BCUT2D eigenvalue weighted by Gasteiger charge is -2.49. The molecule has 0 radical (unpaired) electrons. The van der Waals surface area contributed by atoms with Crippen molar-refractivity contribution < 1.29 is 0 Å². The van der Waals surface area contributed by atoms with Gasteiger partial charge in [-0.1, -0.05) is 13.0 Å². The van der Waals surface area contributed by atoms with E-state index in [0.29, 0.717) is 5.54 Å². The van der Waals surface area contributed by atoms with Gasteiger partial charge in [0.25, 0.3) is 0 Å². The van der Waals surface area contributed by atoms with E-state index < -0.39 is 0 Å². The monoisotopic (exact) mass is 290 g/mol. The molecule has 118 valence electrons. The van der Waals surface area contributed by atoms with Crippen molar-refractivity contribution in [3.05, 3.63) is 23.9 Å². The van der Waals surface area contributed by atoms with Crippen LogP contribution in [0.15, 0.2) is 18.3 Å². The summed E-state index contributed by atoms with van der Waals surface area (Å²) in [6.45, 7) is 3.17. The van der Waals surface area contributed by atoms with Crippen molar-refractivity contribution in [3.8, 4) is 0 Å². The van der Waals surface area contributed by atoms with Crippen LogP contribution in [-0.2, 0) is 6.42 Å². The van der Waals surface area contributed by atoms with Crippen LogP contribution in [0.1, 0.15) is 38.2 Å². The molecule has 0 aromatic carbocycles. The van der Waals surface area contributed by atoms with Gasteiger partial charge in [0.15, 0.2) is 0 Å². The molecule has 0 aliphatic heterocycles. The maximum absolute atomic E-state index is 6.00. The Labute approximate surface area is 129 Å². The zero-order chi connectivity index (χ0) is 15.5. The fourth-order valence-electron chi connectivity index (χ4n) is 3.06. The predicted octanol–water partition coefficient (Wildman–Crippen LogP) is 2.28. The Kier molecular flexibility index (Phi) is 5.22. The van der Waals surface area contributed by atoms with Crippen LogP contribution in [0.5, 0.6) is 0 Å². The summed E-state index contributed by atoms with van der Waals surface area (Å²) in [4.78, 5) is 9.28. The predicted molar refractivity (Wildman–Crippen MR) is 89.7 cm³/mol. The van der Waals surface area contributed by atoms with Crippen LogP contribution in [0.4, 0.5) is 5.82 Å². The summed E-state index contributed by atoms with van der Waals surface area (Å²) in [6, 6.07) is 4.53. The first-order valence-corrected chi connectivity index (χ1v) is 8.06. The number of hydrogen-bond donors (Lipinski definition) is 1. The summed E-state index contributed by atoms with van der Waals surface area (Å²) in [7, 11) is 6.52. The topological polar surface area (TPSA) is 45.4 Å². The van der Waals surface area contributed by atoms with Gasteiger partial charge in [0.05, 0.1) is 0 Å². The summed E-state index contributed by atoms with van der Waals surface area (Å²) in [5, 5.41) is 0. The molecule has 0 amide bonds. The number of nitrogens with two attached hydrogens (primary N) is 1. The Hall–Kier alpha value is -1.13. The number of pyridine rings is 1. The number of hydrogen-bond acceptors (Lipinski definition) is 4. The van der Waals surface area contributed by atoms with Crippen LogP contribution in [0, 0.1) is 0 Å². The molecule has 1 saturated carbocycles. The second-order valence-corrected chi connectivity index (χ2v) is 6.73. The van der Waals surface area contributed by atoms with Crippen LogP contribution < -0.4 is 10.6 Å². The van der Waals surface area contributed by atoms with Crippen molar-refractivity contribution in [1.82, 2.24) is 9.88 Å². The molecule has 0 saturated heterocycles. The van der Waals surface area contributed by atoms with Gasteiger partial charge >= 0.3 is 0 Å². The van der Waals surface area contributed by atoms with Crippen molar-refractivity contribution >= 4 is 5.82 Å². The number of rotatable bonds is 7. The first-order chi connectivity index (χ1) is 9.97. The second-order valence-electron chi connectivity index (χ2n) is 6.73. The van der Waals surface area contributed by atoms with Crippen molar-refractivity contribution in [1.29, 1.82) is 0 Å². The summed E-state index contributed by atoms with van der Waals surface area (Å²) in [6.07, 6.45) is 7.81. The molecule has 1 fully saturated rings. The van der Waals surface area contributed by atoms with Crippen LogP contribution in [0.3, 0.4) is 0 Å². The Morgan fingerprint density at radius 1 is 1.29 bits per heavy atom. The maximum atomic E-state index is 6.00. The number of likely N-dealkylation sites (N-methyl/N-ethyl adjacent to an activating group) is 2. The summed E-state index contributed by atoms with van der Waals surface area (Å²) in [5.74, 6) is 1.05. The van der Waals surface area contributed by atoms with Crippen molar-refractivity contribution in [3.63, 3.8) is 0 Å². The van der Waals surface area contributed by atoms with Gasteiger partial charge in [0.1, 0.15) is 5.82 Å². The molecule has 0 bridgehead atoms. The molecule has 0 spiro atoms. The second kappa shape index (κ2) is 6.75. The van der Waals surface area contributed by atoms with E-state index in [2.05, 4.69) is 55.0 Å². The third kappa shape index (κ3) is 3.74. The molecule has 4 nitrogen and oxygen atoms in total. The molecule has 1 atom stereocenters. The van der Waals surface area contributed by atoms with Crippen LogP contribution in [0.25, 0.3) is 0 Å². The van der Waals surface area contributed by atoms with E-state index in [-0.39, 0.29) is 6.04 Å². The highest BCUT2D eigenvalue weighted by molar-refractivity contribution is 5.39. The quantitative estimate of drug-likeness (QED) is 0.837. The average Bonchev–Trinajstić information content (AvgIpc) is 2.42. The van der Waals surface area contributed by atoms with E-state index in [1.807, 2.05) is 6.20 Å². The zero-order valence-electron chi connectivity index (χ0n) is 14.0. The molecule has 21 heavy (non-hydrogen) atoms. The molecule has 4 heteroatoms. The standard InChI is InChI=1S/C17H30N4/c1-5-15(18)11-14-7-8-16(19-12-14)21(4)13-17(20(2)3)9-6-10-17/h7-8,12,15H,5-6,9-11,13,18H2,1-4H3. The van der Waals surface area contributed by atoms with Crippen LogP contribution >= 0.6 is 0 Å². The van der Waals surface area contributed by atoms with E-state index in [1.54, 1.807) is 0 Å². The minimum absolute atomic E-state index is 0.238. The molecule has 2 rings (SSSR count). The highest BCUT2D eigenvalue weighted by Gasteiger charge is 2.40. The molecule has 1 aliphatic rings. The number of aromatic nitrogens is 1. The Morgan fingerprint density at radius 3 is 2.43 bits per heavy atom. The summed E-state index contributed by atoms with van der Waals surface area (Å²) < 4.78 is 0. The van der Waals surface area contributed by atoms with E-state index in [9.17, 15) is 0 Å². The fourth-order valence-corrected chi connectivity index (χ4v) is 3.06. The summed E-state index contributed by atoms with van der Waals surface area (Å²) >= 11 is 0. The zero-order valence-corrected chi connectivity index (χ0v) is 14.0. The van der Waals surface area contributed by atoms with Gasteiger partial charge in [-0.2, -0.15) is 0 Å². The lowest BCUT2D eigenvalue weighted by atomic mass is 9.75. The van der Waals surface area contributed by atoms with Crippen molar-refractivity contribution in [2.45, 2.75) is 50.6 Å². The van der Waals surface area contributed by atoms with Gasteiger partial charge in [0, 0.05) is 31.4 Å². The minimum atomic E-state index is 0.238. The fraction of sp³-hybridized carbons (Fsp3) is 0.706. The first-order valence-electron chi connectivity index (χ1n) is 8.06. The Balaban J connectivity index is 1.98. The summed E-state index contributed by atoms with van der Waals surface area (Å²) in [5.41, 5.74) is 7.56. The molecular formula is C17H30N4. The Bertz CT molecular complexity index is 437. The highest BCUT2D eigenvalue weighted by atomic mass is 15.2. The van der Waals surface area contributed by atoms with Gasteiger partial charge < -0.3 is 15.5 Å². The molecule has 1 unspecified atom stereocenters. The van der Waals surface area contributed by atoms with Gasteiger partial charge in [-0.05, 0) is 57.8 Å². The maximum Gasteiger partial charge on any atom is 0.128 e. The van der Waals surface area contributed by atoms with Gasteiger partial charge in [0.2, 0.25) is 0 Å². The largest absolute Gasteiger partial charge is 0.358 e. The molecular weight excluding hydrogens is 260 g/mol. The average molecular weight is 290 g/mol. The first kappa shape index (κ1) is 16.2. The lowest BCUT2D eigenvalue weighted by Crippen LogP contribution is -2.56. The van der Waals surface area contributed by atoms with E-state index in [4.69, 9.17) is 5.73 Å². The van der Waals surface area contributed by atoms with E-state index >= 15 is 0 Å². The smallest absolute Gasteiger partial charge is 0.128 e. The van der Waals surface area contributed by atoms with Gasteiger partial charge in [-0.15, -0.1) is 0 Å². The van der Waals surface area contributed by atoms with Crippen molar-refractivity contribution in [2.75, 3.05) is 32.6 Å². The number of anilines is 1. The van der Waals surface area contributed by atoms with Crippen LogP contribution in [0.2, 0.25) is 0 Å².